The molecule has 0 spiro atoms. The molecule has 9 aromatic rings. The summed E-state index contributed by atoms with van der Waals surface area (Å²) in [5.41, 5.74) is 9.95. The maximum absolute atomic E-state index is 2.46. The number of hydrogen-bond acceptors (Lipinski definition) is 1. The molecule has 3 aromatic heterocycles. The molecule has 2 nitrogen and oxygen atoms in total. The van der Waals surface area contributed by atoms with Gasteiger partial charge >= 0.3 is 0 Å². The summed E-state index contributed by atoms with van der Waals surface area (Å²) in [6.07, 6.45) is 9.17. The molecule has 0 N–H and O–H groups in total. The zero-order chi connectivity index (χ0) is 29.5. The first-order valence-corrected chi connectivity index (χ1v) is 16.5. The Labute approximate surface area is 264 Å². The molecule has 3 heteroatoms. The number of para-hydroxylation sites is 2. The Morgan fingerprint density at radius 2 is 1.09 bits per heavy atom. The fraction of sp³-hybridized carbons (Fsp3) is 0.0476. The molecule has 0 saturated heterocycles. The van der Waals surface area contributed by atoms with E-state index in [9.17, 15) is 0 Å². The fourth-order valence-corrected chi connectivity index (χ4v) is 8.99. The van der Waals surface area contributed by atoms with Crippen LogP contribution in [0.3, 0.4) is 0 Å². The molecule has 0 saturated carbocycles. The fourth-order valence-electron chi connectivity index (χ4n) is 7.57. The first-order chi connectivity index (χ1) is 22.3. The van der Waals surface area contributed by atoms with Gasteiger partial charge in [-0.15, -0.1) is 11.3 Å². The number of thiophene rings is 1. The largest absolute Gasteiger partial charge is 0.310 e. The van der Waals surface area contributed by atoms with Crippen LogP contribution < -0.4 is 0 Å². The number of aromatic nitrogens is 2. The number of benzene rings is 6. The second kappa shape index (κ2) is 9.56. The van der Waals surface area contributed by atoms with Gasteiger partial charge in [-0.1, -0.05) is 103 Å². The lowest BCUT2D eigenvalue weighted by Crippen LogP contribution is -1.96. The van der Waals surface area contributed by atoms with Crippen molar-refractivity contribution in [3.8, 4) is 16.8 Å². The van der Waals surface area contributed by atoms with E-state index in [1.165, 1.54) is 86.3 Å². The van der Waals surface area contributed by atoms with Crippen LogP contribution in [-0.4, -0.2) is 9.13 Å². The average molecular weight is 593 g/mol. The molecule has 0 atom stereocenters. The topological polar surface area (TPSA) is 9.86 Å². The molecule has 6 aromatic carbocycles. The molecule has 1 aliphatic carbocycles. The van der Waals surface area contributed by atoms with E-state index < -0.39 is 0 Å². The number of nitrogens with zero attached hydrogens (tertiary/aromatic N) is 2. The van der Waals surface area contributed by atoms with Crippen LogP contribution in [0.15, 0.2) is 146 Å². The first kappa shape index (κ1) is 25.0. The molecule has 0 unspecified atom stereocenters. The van der Waals surface area contributed by atoms with Crippen molar-refractivity contribution in [2.45, 2.75) is 12.8 Å². The lowest BCUT2D eigenvalue weighted by atomic mass is 10.1. The summed E-state index contributed by atoms with van der Waals surface area (Å²) in [7, 11) is 0. The molecular formula is C42H28N2S. The lowest BCUT2D eigenvalue weighted by molar-refractivity contribution is 1.02. The number of hydrogen-bond donors (Lipinski definition) is 0. The van der Waals surface area contributed by atoms with Gasteiger partial charge in [-0.3, -0.25) is 0 Å². The summed E-state index contributed by atoms with van der Waals surface area (Å²) in [5, 5.41) is 7.98. The highest BCUT2D eigenvalue weighted by molar-refractivity contribution is 7.27. The third-order valence-electron chi connectivity index (χ3n) is 9.52. The molecule has 212 valence electrons. The second-order valence-corrected chi connectivity index (χ2v) is 13.0. The van der Waals surface area contributed by atoms with Crippen LogP contribution in [0.25, 0.3) is 86.3 Å². The van der Waals surface area contributed by atoms with Crippen molar-refractivity contribution in [1.29, 1.82) is 0 Å². The van der Waals surface area contributed by atoms with Gasteiger partial charge in [0.1, 0.15) is 0 Å². The molecule has 0 radical (unpaired) electrons. The molecule has 45 heavy (non-hydrogen) atoms. The Hall–Kier alpha value is -5.38. The third-order valence-corrected chi connectivity index (χ3v) is 10.8. The van der Waals surface area contributed by atoms with Gasteiger partial charge in [-0.2, -0.15) is 0 Å². The molecule has 1 aliphatic rings. The minimum absolute atomic E-state index is 1.08. The van der Waals surface area contributed by atoms with Gasteiger partial charge in [-0.25, -0.2) is 0 Å². The van der Waals surface area contributed by atoms with Crippen molar-refractivity contribution in [2.75, 3.05) is 0 Å². The van der Waals surface area contributed by atoms with E-state index in [2.05, 4.69) is 155 Å². The molecular weight excluding hydrogens is 565 g/mol. The summed E-state index contributed by atoms with van der Waals surface area (Å²) in [4.78, 5) is 0. The average Bonchev–Trinajstić information content (AvgIpc) is 3.76. The van der Waals surface area contributed by atoms with Gasteiger partial charge in [0.15, 0.2) is 0 Å². The van der Waals surface area contributed by atoms with Crippen molar-refractivity contribution < 1.29 is 0 Å². The van der Waals surface area contributed by atoms with Crippen molar-refractivity contribution >= 4 is 80.8 Å². The zero-order valence-corrected chi connectivity index (χ0v) is 25.4. The van der Waals surface area contributed by atoms with E-state index in [4.69, 9.17) is 0 Å². The molecule has 0 fully saturated rings. The summed E-state index contributed by atoms with van der Waals surface area (Å²) in [6.45, 7) is 0. The molecule has 0 aliphatic heterocycles. The van der Waals surface area contributed by atoms with E-state index in [-0.39, 0.29) is 0 Å². The van der Waals surface area contributed by atoms with Crippen molar-refractivity contribution in [3.05, 3.63) is 146 Å². The van der Waals surface area contributed by atoms with Gasteiger partial charge < -0.3 is 9.13 Å². The summed E-state index contributed by atoms with van der Waals surface area (Å²) in [5.74, 6) is 0. The maximum atomic E-state index is 2.46. The van der Waals surface area contributed by atoms with Crippen LogP contribution in [0.4, 0.5) is 0 Å². The van der Waals surface area contributed by atoms with Crippen molar-refractivity contribution in [1.82, 2.24) is 9.13 Å². The van der Waals surface area contributed by atoms with Crippen LogP contribution in [-0.2, 0) is 0 Å². The van der Waals surface area contributed by atoms with Gasteiger partial charge in [0.05, 0.1) is 22.1 Å². The number of fused-ring (bicyclic) bond motifs is 11. The van der Waals surface area contributed by atoms with Crippen molar-refractivity contribution in [2.24, 2.45) is 0 Å². The Bertz CT molecular complexity index is 2700. The molecule has 0 bridgehead atoms. The van der Waals surface area contributed by atoms with Gasteiger partial charge in [0.25, 0.3) is 0 Å². The first-order valence-electron chi connectivity index (χ1n) is 15.7. The SMILES string of the molecule is C1=CC(n2c3ccccc3c3c4sc5c(ccc6c5c5ccccc5n6-c5cccc(-c6ccccc6)c5)c4ccc32)=CCC1. The summed E-state index contributed by atoms with van der Waals surface area (Å²) >= 11 is 1.95. The highest BCUT2D eigenvalue weighted by Gasteiger charge is 2.21. The Morgan fingerprint density at radius 3 is 1.78 bits per heavy atom. The predicted molar refractivity (Wildman–Crippen MR) is 195 cm³/mol. The van der Waals surface area contributed by atoms with Crippen molar-refractivity contribution in [3.63, 3.8) is 0 Å². The minimum atomic E-state index is 1.08. The monoisotopic (exact) mass is 592 g/mol. The Morgan fingerprint density at radius 1 is 0.467 bits per heavy atom. The zero-order valence-electron chi connectivity index (χ0n) is 24.6. The van der Waals surface area contributed by atoms with Crippen LogP contribution in [0.1, 0.15) is 12.8 Å². The smallest absolute Gasteiger partial charge is 0.0555 e. The quantitative estimate of drug-likeness (QED) is 0.193. The van der Waals surface area contributed by atoms with E-state index >= 15 is 0 Å². The van der Waals surface area contributed by atoms with E-state index in [1.807, 2.05) is 11.3 Å². The Balaban J connectivity index is 1.30. The molecule has 3 heterocycles. The van der Waals surface area contributed by atoms with Crippen LogP contribution >= 0.6 is 11.3 Å². The van der Waals surface area contributed by atoms with Gasteiger partial charge in [0, 0.05) is 53.1 Å². The lowest BCUT2D eigenvalue weighted by Gasteiger charge is -2.11. The maximum Gasteiger partial charge on any atom is 0.0555 e. The molecule has 10 rings (SSSR count). The van der Waals surface area contributed by atoms with Gasteiger partial charge in [-0.05, 0) is 66.4 Å². The van der Waals surface area contributed by atoms with Crippen LogP contribution in [0.2, 0.25) is 0 Å². The normalized spacial score (nSPS) is 13.6. The van der Waals surface area contributed by atoms with E-state index in [1.54, 1.807) is 0 Å². The highest BCUT2D eigenvalue weighted by atomic mass is 32.1. The van der Waals surface area contributed by atoms with E-state index in [0.717, 1.165) is 12.8 Å². The van der Waals surface area contributed by atoms with Crippen LogP contribution in [0.5, 0.6) is 0 Å². The van der Waals surface area contributed by atoms with Gasteiger partial charge in [0.2, 0.25) is 0 Å². The highest BCUT2D eigenvalue weighted by Crippen LogP contribution is 2.47. The molecule has 0 amide bonds. The summed E-state index contributed by atoms with van der Waals surface area (Å²) < 4.78 is 7.64. The van der Waals surface area contributed by atoms with E-state index in [0.29, 0.717) is 0 Å². The predicted octanol–water partition coefficient (Wildman–Crippen LogP) is 12.1. The Kier molecular flexibility index (Phi) is 5.31. The third kappa shape index (κ3) is 3.56. The second-order valence-electron chi connectivity index (χ2n) is 12.0. The summed E-state index contributed by atoms with van der Waals surface area (Å²) in [6, 6.07) is 46.8. The minimum Gasteiger partial charge on any atom is -0.310 e. The number of allylic oxidation sites excluding steroid dienone is 4. The number of rotatable bonds is 3. The standard InChI is InChI=1S/C42H28N2S/c1-3-12-27(13-4-1)28-14-11-17-30(26-28)44-36-21-10-8-19-34(36)40-38(44)25-23-32-31-22-24-37-39(41(31)45-42(32)40)33-18-7-9-20-35(33)43(37)29-15-5-2-6-16-29/h1,3-5,7-26H,2,6H2. The van der Waals surface area contributed by atoms with Crippen LogP contribution in [0, 0.1) is 0 Å².